The van der Waals surface area contributed by atoms with Crippen molar-refractivity contribution in [3.8, 4) is 0 Å². The molecule has 1 rings (SSSR count). The topological polar surface area (TPSA) is 39.7 Å². The van der Waals surface area contributed by atoms with Crippen LogP contribution in [0.3, 0.4) is 0 Å². The summed E-state index contributed by atoms with van der Waals surface area (Å²) in [6, 6.07) is 0.499. The van der Waals surface area contributed by atoms with E-state index in [0.29, 0.717) is 25.4 Å². The maximum atomic E-state index is 6.05. The average molecular weight is 287 g/mol. The lowest BCUT2D eigenvalue weighted by Crippen LogP contribution is -2.45. The molecule has 1 fully saturated rings. The van der Waals surface area contributed by atoms with Gasteiger partial charge in [-0.2, -0.15) is 0 Å². The van der Waals surface area contributed by atoms with E-state index in [0.717, 1.165) is 31.5 Å². The Morgan fingerprint density at radius 2 is 1.90 bits per heavy atom. The zero-order valence-corrected chi connectivity index (χ0v) is 13.7. The summed E-state index contributed by atoms with van der Waals surface area (Å²) in [5.41, 5.74) is 0. The Hall–Kier alpha value is -0.160. The number of hydrogen-bond donors (Lipinski definition) is 1. The monoisotopic (exact) mass is 287 g/mol. The number of likely N-dealkylation sites (N-methyl/N-ethyl adjacent to an activating group) is 1. The molecule has 0 heterocycles. The van der Waals surface area contributed by atoms with Gasteiger partial charge in [-0.25, -0.2) is 0 Å². The third kappa shape index (κ3) is 6.53. The third-order valence-corrected chi connectivity index (χ3v) is 4.34. The Labute approximate surface area is 124 Å². The van der Waals surface area contributed by atoms with Gasteiger partial charge in [0.2, 0.25) is 0 Å². The smallest absolute Gasteiger partial charge is 0.0731 e. The van der Waals surface area contributed by atoms with Crippen LogP contribution in [0.15, 0.2) is 0 Å². The van der Waals surface area contributed by atoms with Crippen LogP contribution in [0.4, 0.5) is 0 Å². The summed E-state index contributed by atoms with van der Waals surface area (Å²) in [4.78, 5) is 0. The highest BCUT2D eigenvalue weighted by atomic mass is 16.5. The molecule has 0 aromatic rings. The van der Waals surface area contributed by atoms with Gasteiger partial charge in [0.05, 0.1) is 19.3 Å². The van der Waals surface area contributed by atoms with Crippen molar-refractivity contribution in [2.24, 2.45) is 11.8 Å². The first-order chi connectivity index (χ1) is 9.69. The van der Waals surface area contributed by atoms with E-state index in [-0.39, 0.29) is 0 Å². The molecule has 1 aliphatic carbocycles. The molecule has 120 valence electrons. The van der Waals surface area contributed by atoms with Crippen LogP contribution in [0.2, 0.25) is 0 Å². The van der Waals surface area contributed by atoms with Crippen LogP contribution < -0.4 is 5.32 Å². The van der Waals surface area contributed by atoms with Gasteiger partial charge in [0.1, 0.15) is 0 Å². The predicted octanol–water partition coefficient (Wildman–Crippen LogP) is 2.47. The van der Waals surface area contributed by atoms with Crippen molar-refractivity contribution in [1.29, 1.82) is 0 Å². The number of rotatable bonds is 10. The molecule has 0 aromatic carbocycles. The fourth-order valence-corrected chi connectivity index (χ4v) is 2.95. The predicted molar refractivity (Wildman–Crippen MR) is 82.1 cm³/mol. The highest BCUT2D eigenvalue weighted by Crippen LogP contribution is 2.31. The minimum absolute atomic E-state index is 0.337. The highest BCUT2D eigenvalue weighted by Gasteiger charge is 2.31. The van der Waals surface area contributed by atoms with E-state index in [9.17, 15) is 0 Å². The summed E-state index contributed by atoms with van der Waals surface area (Å²) >= 11 is 0. The van der Waals surface area contributed by atoms with Crippen LogP contribution in [0.25, 0.3) is 0 Å². The molecule has 1 N–H and O–H groups in total. The number of nitrogens with one attached hydrogen (secondary N) is 1. The number of hydrogen-bond acceptors (Lipinski definition) is 4. The van der Waals surface area contributed by atoms with E-state index in [2.05, 4.69) is 19.2 Å². The molecule has 20 heavy (non-hydrogen) atoms. The van der Waals surface area contributed by atoms with Crippen molar-refractivity contribution in [2.75, 3.05) is 40.6 Å². The van der Waals surface area contributed by atoms with Crippen LogP contribution in [0, 0.1) is 11.8 Å². The van der Waals surface area contributed by atoms with Gasteiger partial charge < -0.3 is 19.5 Å². The fourth-order valence-electron chi connectivity index (χ4n) is 2.95. The van der Waals surface area contributed by atoms with Crippen molar-refractivity contribution in [1.82, 2.24) is 5.32 Å². The summed E-state index contributed by atoms with van der Waals surface area (Å²) in [6.07, 6.45) is 5.00. The van der Waals surface area contributed by atoms with Gasteiger partial charge in [-0.1, -0.05) is 13.8 Å². The lowest BCUT2D eigenvalue weighted by molar-refractivity contribution is -0.0405. The summed E-state index contributed by atoms with van der Waals surface area (Å²) in [6.45, 7) is 7.54. The first-order valence-electron chi connectivity index (χ1n) is 8.04. The fraction of sp³-hybridized carbons (Fsp3) is 1.00. The normalized spacial score (nSPS) is 27.1. The Bertz CT molecular complexity index is 236. The molecule has 4 nitrogen and oxygen atoms in total. The number of ether oxygens (including phenoxy) is 3. The van der Waals surface area contributed by atoms with Gasteiger partial charge in [-0.3, -0.25) is 0 Å². The van der Waals surface area contributed by atoms with E-state index >= 15 is 0 Å². The van der Waals surface area contributed by atoms with Gasteiger partial charge >= 0.3 is 0 Å². The highest BCUT2D eigenvalue weighted by molar-refractivity contribution is 4.86. The second kappa shape index (κ2) is 10.6. The Morgan fingerprint density at radius 1 is 1.10 bits per heavy atom. The standard InChI is InChI=1S/C16H33NO3/c1-13(2)14-6-7-15(17-3)16(12-14)20-11-10-19-9-5-8-18-4/h13-17H,5-12H2,1-4H3. The molecule has 0 bridgehead atoms. The van der Waals surface area contributed by atoms with Crippen LogP contribution in [-0.2, 0) is 14.2 Å². The molecule has 3 atom stereocenters. The average Bonchev–Trinajstić information content (AvgIpc) is 2.46. The minimum atomic E-state index is 0.337. The van der Waals surface area contributed by atoms with Crippen molar-refractivity contribution >= 4 is 0 Å². The van der Waals surface area contributed by atoms with E-state index in [1.807, 2.05) is 7.05 Å². The summed E-state index contributed by atoms with van der Waals surface area (Å²) in [5, 5.41) is 3.40. The number of methoxy groups -OCH3 is 1. The van der Waals surface area contributed by atoms with E-state index in [1.165, 1.54) is 19.3 Å². The van der Waals surface area contributed by atoms with Crippen molar-refractivity contribution < 1.29 is 14.2 Å². The summed E-state index contributed by atoms with van der Waals surface area (Å²) < 4.78 is 16.6. The van der Waals surface area contributed by atoms with Gasteiger partial charge in [-0.05, 0) is 44.6 Å². The second-order valence-corrected chi connectivity index (χ2v) is 6.08. The van der Waals surface area contributed by atoms with Crippen molar-refractivity contribution in [2.45, 2.75) is 51.7 Å². The maximum Gasteiger partial charge on any atom is 0.0731 e. The van der Waals surface area contributed by atoms with Gasteiger partial charge in [0, 0.05) is 26.4 Å². The Balaban J connectivity index is 2.18. The van der Waals surface area contributed by atoms with Crippen LogP contribution in [0.1, 0.15) is 39.5 Å². The molecule has 0 aliphatic heterocycles. The first-order valence-corrected chi connectivity index (χ1v) is 8.04. The van der Waals surface area contributed by atoms with Crippen molar-refractivity contribution in [3.63, 3.8) is 0 Å². The molecule has 0 saturated heterocycles. The Kier molecular flexibility index (Phi) is 9.44. The first kappa shape index (κ1) is 17.9. The molecule has 4 heteroatoms. The zero-order chi connectivity index (χ0) is 14.8. The molecule has 3 unspecified atom stereocenters. The van der Waals surface area contributed by atoms with Crippen LogP contribution >= 0.6 is 0 Å². The van der Waals surface area contributed by atoms with Gasteiger partial charge in [-0.15, -0.1) is 0 Å². The molecular weight excluding hydrogens is 254 g/mol. The lowest BCUT2D eigenvalue weighted by Gasteiger charge is -2.37. The van der Waals surface area contributed by atoms with Crippen molar-refractivity contribution in [3.05, 3.63) is 0 Å². The third-order valence-electron chi connectivity index (χ3n) is 4.34. The zero-order valence-electron chi connectivity index (χ0n) is 13.7. The second-order valence-electron chi connectivity index (χ2n) is 6.08. The maximum absolute atomic E-state index is 6.05. The van der Waals surface area contributed by atoms with E-state index < -0.39 is 0 Å². The van der Waals surface area contributed by atoms with Gasteiger partial charge in [0.25, 0.3) is 0 Å². The van der Waals surface area contributed by atoms with E-state index in [1.54, 1.807) is 7.11 Å². The SMILES string of the molecule is CNC1CCC(C(C)C)CC1OCCOCCCOC. The summed E-state index contributed by atoms with van der Waals surface area (Å²) in [7, 11) is 3.76. The van der Waals surface area contributed by atoms with Crippen LogP contribution in [0.5, 0.6) is 0 Å². The minimum Gasteiger partial charge on any atom is -0.385 e. The molecule has 0 amide bonds. The Morgan fingerprint density at radius 3 is 2.55 bits per heavy atom. The molecule has 0 radical (unpaired) electrons. The molecule has 1 aliphatic rings. The largest absolute Gasteiger partial charge is 0.385 e. The lowest BCUT2D eigenvalue weighted by atomic mass is 9.78. The molecular formula is C16H33NO3. The summed E-state index contributed by atoms with van der Waals surface area (Å²) in [5.74, 6) is 1.55. The molecule has 0 aromatic heterocycles. The molecule has 1 saturated carbocycles. The molecule has 0 spiro atoms. The van der Waals surface area contributed by atoms with E-state index in [4.69, 9.17) is 14.2 Å². The van der Waals surface area contributed by atoms with Crippen LogP contribution in [-0.4, -0.2) is 52.7 Å². The quantitative estimate of drug-likeness (QED) is 0.627. The van der Waals surface area contributed by atoms with Gasteiger partial charge in [0.15, 0.2) is 0 Å².